The molecule has 1 amide bonds. The summed E-state index contributed by atoms with van der Waals surface area (Å²) in [7, 11) is 0. The van der Waals surface area contributed by atoms with Crippen molar-refractivity contribution < 1.29 is 19.8 Å². The first kappa shape index (κ1) is 12.0. The molecule has 3 N–H and O–H groups in total. The number of phenols is 1. The maximum atomic E-state index is 10.9. The second kappa shape index (κ2) is 5.16. The molecule has 0 aliphatic heterocycles. The van der Waals surface area contributed by atoms with Gasteiger partial charge < -0.3 is 15.5 Å². The highest BCUT2D eigenvalue weighted by atomic mass is 16.4. The molecule has 0 aliphatic rings. The number of para-hydroxylation sites is 1. The lowest BCUT2D eigenvalue weighted by atomic mass is 10.1. The molecular weight excluding hydrogens is 210 g/mol. The smallest absolute Gasteiger partial charge is 0.326 e. The molecule has 0 heterocycles. The Kier molecular flexibility index (Phi) is 3.88. The predicted octanol–water partition coefficient (Wildman–Crippen LogP) is 0.524. The minimum Gasteiger partial charge on any atom is -0.508 e. The lowest BCUT2D eigenvalue weighted by molar-refractivity contribution is -0.141. The Hall–Kier alpha value is -2.04. The summed E-state index contributed by atoms with van der Waals surface area (Å²) in [6.45, 7) is 1.25. The summed E-state index contributed by atoms with van der Waals surface area (Å²) >= 11 is 0. The van der Waals surface area contributed by atoms with Gasteiger partial charge in [-0.1, -0.05) is 18.2 Å². The van der Waals surface area contributed by atoms with E-state index in [0.717, 1.165) is 0 Å². The molecule has 1 rings (SSSR count). The average molecular weight is 223 g/mol. The van der Waals surface area contributed by atoms with Crippen molar-refractivity contribution in [1.82, 2.24) is 5.32 Å². The van der Waals surface area contributed by atoms with Gasteiger partial charge in [0.05, 0.1) is 0 Å². The molecule has 0 saturated heterocycles. The number of benzene rings is 1. The predicted molar refractivity (Wildman–Crippen MR) is 57.1 cm³/mol. The molecule has 1 aromatic carbocycles. The summed E-state index contributed by atoms with van der Waals surface area (Å²) in [6, 6.07) is 5.41. The van der Waals surface area contributed by atoms with Crippen LogP contribution < -0.4 is 5.32 Å². The third-order valence-electron chi connectivity index (χ3n) is 2.09. The molecule has 0 aromatic heterocycles. The van der Waals surface area contributed by atoms with Crippen molar-refractivity contribution in [2.75, 3.05) is 0 Å². The van der Waals surface area contributed by atoms with Crippen LogP contribution in [0.2, 0.25) is 0 Å². The highest BCUT2D eigenvalue weighted by molar-refractivity contribution is 5.82. The van der Waals surface area contributed by atoms with Gasteiger partial charge in [0.2, 0.25) is 5.91 Å². The van der Waals surface area contributed by atoms with Gasteiger partial charge in [0, 0.05) is 13.3 Å². The van der Waals surface area contributed by atoms with Gasteiger partial charge in [-0.3, -0.25) is 4.79 Å². The number of amides is 1. The number of carbonyl (C=O) groups excluding carboxylic acids is 1. The van der Waals surface area contributed by atoms with E-state index in [-0.39, 0.29) is 12.2 Å². The first-order valence-corrected chi connectivity index (χ1v) is 4.77. The fraction of sp³-hybridized carbons (Fsp3) is 0.273. The van der Waals surface area contributed by atoms with Crippen LogP contribution in [0, 0.1) is 0 Å². The number of carbonyl (C=O) groups is 2. The molecule has 0 saturated carbocycles. The van der Waals surface area contributed by atoms with Gasteiger partial charge in [0.25, 0.3) is 0 Å². The minimum absolute atomic E-state index is 0.0269. The van der Waals surface area contributed by atoms with Gasteiger partial charge in [0.15, 0.2) is 0 Å². The number of aliphatic carboxylic acids is 1. The first-order chi connectivity index (χ1) is 7.50. The van der Waals surface area contributed by atoms with Crippen molar-refractivity contribution in [3.8, 4) is 5.75 Å². The van der Waals surface area contributed by atoms with Crippen LogP contribution in [-0.2, 0) is 16.0 Å². The molecule has 5 heteroatoms. The maximum absolute atomic E-state index is 10.9. The lowest BCUT2D eigenvalue weighted by Gasteiger charge is -2.13. The Bertz CT molecular complexity index is 403. The van der Waals surface area contributed by atoms with Gasteiger partial charge in [-0.15, -0.1) is 0 Å². The van der Waals surface area contributed by atoms with E-state index < -0.39 is 17.9 Å². The fourth-order valence-corrected chi connectivity index (χ4v) is 1.35. The van der Waals surface area contributed by atoms with Crippen molar-refractivity contribution in [3.05, 3.63) is 29.8 Å². The van der Waals surface area contributed by atoms with Crippen LogP contribution in [0.4, 0.5) is 0 Å². The molecule has 16 heavy (non-hydrogen) atoms. The summed E-state index contributed by atoms with van der Waals surface area (Å²) < 4.78 is 0. The van der Waals surface area contributed by atoms with E-state index in [1.165, 1.54) is 13.0 Å². The van der Waals surface area contributed by atoms with Crippen LogP contribution in [0.25, 0.3) is 0 Å². The third-order valence-corrected chi connectivity index (χ3v) is 2.09. The number of rotatable bonds is 4. The number of phenolic OH excluding ortho intramolecular Hbond substituents is 1. The van der Waals surface area contributed by atoms with E-state index in [0.29, 0.717) is 5.56 Å². The fourth-order valence-electron chi connectivity index (χ4n) is 1.35. The van der Waals surface area contributed by atoms with Gasteiger partial charge in [0.1, 0.15) is 11.8 Å². The van der Waals surface area contributed by atoms with Gasteiger partial charge >= 0.3 is 5.97 Å². The van der Waals surface area contributed by atoms with Crippen LogP contribution in [0.1, 0.15) is 12.5 Å². The molecule has 0 radical (unpaired) electrons. The van der Waals surface area contributed by atoms with Gasteiger partial charge in [-0.25, -0.2) is 4.79 Å². The Morgan fingerprint density at radius 1 is 1.38 bits per heavy atom. The molecule has 0 fully saturated rings. The van der Waals surface area contributed by atoms with Crippen molar-refractivity contribution >= 4 is 11.9 Å². The maximum Gasteiger partial charge on any atom is 0.326 e. The molecule has 0 spiro atoms. The number of carboxylic acids is 1. The van der Waals surface area contributed by atoms with Crippen LogP contribution in [0.15, 0.2) is 24.3 Å². The highest BCUT2D eigenvalue weighted by Crippen LogP contribution is 2.17. The Balaban J connectivity index is 2.80. The third kappa shape index (κ3) is 3.27. The summed E-state index contributed by atoms with van der Waals surface area (Å²) in [5.41, 5.74) is 0.489. The van der Waals surface area contributed by atoms with Crippen LogP contribution in [0.5, 0.6) is 5.75 Å². The summed E-state index contributed by atoms with van der Waals surface area (Å²) in [6.07, 6.45) is 0.0571. The topological polar surface area (TPSA) is 86.6 Å². The average Bonchev–Trinajstić information content (AvgIpc) is 2.19. The largest absolute Gasteiger partial charge is 0.508 e. The van der Waals surface area contributed by atoms with E-state index in [4.69, 9.17) is 5.11 Å². The zero-order valence-electron chi connectivity index (χ0n) is 8.80. The van der Waals surface area contributed by atoms with E-state index in [1.807, 2.05) is 0 Å². The number of carboxylic acid groups (broad SMARTS) is 1. The number of hydrogen-bond donors (Lipinski definition) is 3. The van der Waals surface area contributed by atoms with Crippen molar-refractivity contribution in [2.45, 2.75) is 19.4 Å². The molecule has 0 bridgehead atoms. The molecular formula is C11H13NO4. The summed E-state index contributed by atoms with van der Waals surface area (Å²) in [5.74, 6) is -1.51. The quantitative estimate of drug-likeness (QED) is 0.694. The van der Waals surface area contributed by atoms with Crippen molar-refractivity contribution in [3.63, 3.8) is 0 Å². The lowest BCUT2D eigenvalue weighted by Crippen LogP contribution is -2.41. The molecule has 1 unspecified atom stereocenters. The van der Waals surface area contributed by atoms with Gasteiger partial charge in [-0.2, -0.15) is 0 Å². The zero-order valence-corrected chi connectivity index (χ0v) is 8.80. The first-order valence-electron chi connectivity index (χ1n) is 4.77. The van der Waals surface area contributed by atoms with E-state index in [2.05, 4.69) is 5.32 Å². The second-order valence-electron chi connectivity index (χ2n) is 3.42. The minimum atomic E-state index is -1.13. The number of hydrogen-bond acceptors (Lipinski definition) is 3. The van der Waals surface area contributed by atoms with Crippen LogP contribution >= 0.6 is 0 Å². The Morgan fingerprint density at radius 2 is 2.00 bits per heavy atom. The number of nitrogens with one attached hydrogen (secondary N) is 1. The standard InChI is InChI=1S/C11H13NO4/c1-7(13)12-9(11(15)16)6-8-4-2-3-5-10(8)14/h2-5,9,14H,6H2,1H3,(H,12,13)(H,15,16). The Morgan fingerprint density at radius 3 is 2.50 bits per heavy atom. The molecule has 86 valence electrons. The highest BCUT2D eigenvalue weighted by Gasteiger charge is 2.19. The molecule has 0 aliphatic carbocycles. The molecule has 1 atom stereocenters. The van der Waals surface area contributed by atoms with Crippen LogP contribution in [0.3, 0.4) is 0 Å². The number of aromatic hydroxyl groups is 1. The van der Waals surface area contributed by atoms with Gasteiger partial charge in [-0.05, 0) is 11.6 Å². The van der Waals surface area contributed by atoms with Crippen LogP contribution in [-0.4, -0.2) is 28.1 Å². The van der Waals surface area contributed by atoms with E-state index >= 15 is 0 Å². The van der Waals surface area contributed by atoms with E-state index in [9.17, 15) is 14.7 Å². The summed E-state index contributed by atoms with van der Waals surface area (Å²) in [5, 5.41) is 20.7. The Labute approximate surface area is 92.7 Å². The summed E-state index contributed by atoms with van der Waals surface area (Å²) in [4.78, 5) is 21.7. The molecule has 5 nitrogen and oxygen atoms in total. The van der Waals surface area contributed by atoms with Crippen molar-refractivity contribution in [1.29, 1.82) is 0 Å². The normalized spacial score (nSPS) is 11.8. The van der Waals surface area contributed by atoms with E-state index in [1.54, 1.807) is 18.2 Å². The second-order valence-corrected chi connectivity index (χ2v) is 3.42. The monoisotopic (exact) mass is 223 g/mol. The SMILES string of the molecule is CC(=O)NC(Cc1ccccc1O)C(=O)O. The zero-order chi connectivity index (χ0) is 12.1. The van der Waals surface area contributed by atoms with Crippen molar-refractivity contribution in [2.24, 2.45) is 0 Å². The molecule has 1 aromatic rings.